The zero-order chi connectivity index (χ0) is 8.97. The number of hydrogen-bond acceptors (Lipinski definition) is 4. The fourth-order valence-corrected chi connectivity index (χ4v) is 1.30. The van der Waals surface area contributed by atoms with Gasteiger partial charge in [0.2, 0.25) is 0 Å². The summed E-state index contributed by atoms with van der Waals surface area (Å²) < 4.78 is 15.1. The Hall–Kier alpha value is -0.610. The van der Waals surface area contributed by atoms with Gasteiger partial charge in [-0.2, -0.15) is 0 Å². The molecular formula is C8H14O4. The number of hydrogen-bond donors (Lipinski definition) is 0. The van der Waals surface area contributed by atoms with Crippen LogP contribution >= 0.6 is 0 Å². The van der Waals surface area contributed by atoms with Crippen LogP contribution in [0, 0.1) is 0 Å². The molecule has 1 heterocycles. The zero-order valence-electron chi connectivity index (χ0n) is 7.41. The molecule has 0 N–H and O–H groups in total. The topological polar surface area (TPSA) is 44.8 Å². The van der Waals surface area contributed by atoms with Crippen molar-refractivity contribution >= 4 is 5.97 Å². The fraction of sp³-hybridized carbons (Fsp3) is 0.875. The zero-order valence-corrected chi connectivity index (χ0v) is 7.41. The van der Waals surface area contributed by atoms with Crippen molar-refractivity contribution in [1.82, 2.24) is 0 Å². The van der Waals surface area contributed by atoms with E-state index < -0.39 is 0 Å². The minimum Gasteiger partial charge on any atom is -0.459 e. The van der Waals surface area contributed by atoms with E-state index in [0.717, 1.165) is 6.42 Å². The molecule has 4 heteroatoms. The van der Waals surface area contributed by atoms with E-state index in [0.29, 0.717) is 13.0 Å². The van der Waals surface area contributed by atoms with E-state index in [1.165, 1.54) is 0 Å². The van der Waals surface area contributed by atoms with E-state index >= 15 is 0 Å². The van der Waals surface area contributed by atoms with Gasteiger partial charge < -0.3 is 14.2 Å². The van der Waals surface area contributed by atoms with Gasteiger partial charge in [0.05, 0.1) is 6.61 Å². The third-order valence-electron chi connectivity index (χ3n) is 1.96. The molecule has 2 unspecified atom stereocenters. The van der Waals surface area contributed by atoms with Crippen molar-refractivity contribution in [2.24, 2.45) is 0 Å². The largest absolute Gasteiger partial charge is 0.459 e. The molecule has 0 saturated carbocycles. The molecule has 0 spiro atoms. The first-order valence-electron chi connectivity index (χ1n) is 3.99. The second kappa shape index (κ2) is 4.42. The summed E-state index contributed by atoms with van der Waals surface area (Å²) in [6.45, 7) is 0.467. The number of methoxy groups -OCH3 is 2. The van der Waals surface area contributed by atoms with E-state index in [1.807, 2.05) is 0 Å². The standard InChI is InChI=1S/C8H14O4/c1-10-5-7(11-2)6-3-4-8(9)12-6/h6-7H,3-5H2,1-2H3. The second-order valence-electron chi connectivity index (χ2n) is 2.80. The van der Waals surface area contributed by atoms with Crippen LogP contribution < -0.4 is 0 Å². The van der Waals surface area contributed by atoms with Crippen molar-refractivity contribution in [2.45, 2.75) is 25.0 Å². The Morgan fingerprint density at radius 2 is 2.42 bits per heavy atom. The monoisotopic (exact) mass is 174 g/mol. The van der Waals surface area contributed by atoms with Gasteiger partial charge in [-0.3, -0.25) is 4.79 Å². The molecular weight excluding hydrogens is 160 g/mol. The van der Waals surface area contributed by atoms with Gasteiger partial charge in [-0.1, -0.05) is 0 Å². The van der Waals surface area contributed by atoms with Crippen LogP contribution in [-0.4, -0.2) is 39.0 Å². The first-order valence-corrected chi connectivity index (χ1v) is 3.99. The van der Waals surface area contributed by atoms with E-state index in [4.69, 9.17) is 14.2 Å². The third-order valence-corrected chi connectivity index (χ3v) is 1.96. The maximum atomic E-state index is 10.8. The highest BCUT2D eigenvalue weighted by Gasteiger charge is 2.30. The van der Waals surface area contributed by atoms with Crippen LogP contribution in [0.4, 0.5) is 0 Å². The number of cyclic esters (lactones) is 1. The van der Waals surface area contributed by atoms with Crippen LogP contribution in [0.1, 0.15) is 12.8 Å². The summed E-state index contributed by atoms with van der Waals surface area (Å²) >= 11 is 0. The Kier molecular flexibility index (Phi) is 3.49. The quantitative estimate of drug-likeness (QED) is 0.577. The maximum absolute atomic E-state index is 10.8. The van der Waals surface area contributed by atoms with E-state index in [1.54, 1.807) is 14.2 Å². The predicted molar refractivity (Wildman–Crippen MR) is 41.8 cm³/mol. The summed E-state index contributed by atoms with van der Waals surface area (Å²) in [5.74, 6) is -0.141. The van der Waals surface area contributed by atoms with Crippen molar-refractivity contribution < 1.29 is 19.0 Å². The molecule has 70 valence electrons. The van der Waals surface area contributed by atoms with Gasteiger partial charge in [-0.25, -0.2) is 0 Å². The lowest BCUT2D eigenvalue weighted by molar-refractivity contribution is -0.148. The molecule has 0 aromatic carbocycles. The van der Waals surface area contributed by atoms with Crippen molar-refractivity contribution in [3.8, 4) is 0 Å². The van der Waals surface area contributed by atoms with E-state index in [9.17, 15) is 4.79 Å². The minimum absolute atomic E-state index is 0.123. The molecule has 0 amide bonds. The number of rotatable bonds is 4. The summed E-state index contributed by atoms with van der Waals surface area (Å²) in [4.78, 5) is 10.8. The third kappa shape index (κ3) is 2.19. The number of carbonyl (C=O) groups is 1. The van der Waals surface area contributed by atoms with Crippen LogP contribution in [0.5, 0.6) is 0 Å². The van der Waals surface area contributed by atoms with Crippen LogP contribution in [-0.2, 0) is 19.0 Å². The Morgan fingerprint density at radius 1 is 1.67 bits per heavy atom. The molecule has 0 aromatic heterocycles. The average Bonchev–Trinajstić information content (AvgIpc) is 2.47. The van der Waals surface area contributed by atoms with E-state index in [2.05, 4.69) is 0 Å². The molecule has 1 aliphatic heterocycles. The van der Waals surface area contributed by atoms with Gasteiger partial charge in [0, 0.05) is 20.6 Å². The highest BCUT2D eigenvalue weighted by Crippen LogP contribution is 2.18. The summed E-state index contributed by atoms with van der Waals surface area (Å²) in [5, 5.41) is 0. The normalized spacial score (nSPS) is 25.5. The molecule has 1 fully saturated rings. The summed E-state index contributed by atoms with van der Waals surface area (Å²) in [5.41, 5.74) is 0. The lowest BCUT2D eigenvalue weighted by Gasteiger charge is -2.19. The molecule has 1 aliphatic rings. The van der Waals surface area contributed by atoms with Crippen LogP contribution in [0.25, 0.3) is 0 Å². The summed E-state index contributed by atoms with van der Waals surface area (Å²) in [6, 6.07) is 0. The molecule has 0 aliphatic carbocycles. The first-order chi connectivity index (χ1) is 5.77. The van der Waals surface area contributed by atoms with Gasteiger partial charge in [0.1, 0.15) is 12.2 Å². The van der Waals surface area contributed by atoms with Crippen molar-refractivity contribution in [2.75, 3.05) is 20.8 Å². The van der Waals surface area contributed by atoms with Gasteiger partial charge in [0.25, 0.3) is 0 Å². The first kappa shape index (κ1) is 9.48. The summed E-state index contributed by atoms with van der Waals surface area (Å²) in [6.07, 6.45) is 0.985. The Balaban J connectivity index is 2.38. The SMILES string of the molecule is COCC(OC)C1CCC(=O)O1. The highest BCUT2D eigenvalue weighted by molar-refractivity contribution is 5.71. The van der Waals surface area contributed by atoms with Crippen LogP contribution in [0.2, 0.25) is 0 Å². The minimum atomic E-state index is -0.141. The number of ether oxygens (including phenoxy) is 3. The smallest absolute Gasteiger partial charge is 0.306 e. The van der Waals surface area contributed by atoms with Crippen LogP contribution in [0.15, 0.2) is 0 Å². The lowest BCUT2D eigenvalue weighted by Crippen LogP contribution is -2.31. The van der Waals surface area contributed by atoms with Crippen molar-refractivity contribution in [3.05, 3.63) is 0 Å². The fourth-order valence-electron chi connectivity index (χ4n) is 1.30. The van der Waals surface area contributed by atoms with Crippen molar-refractivity contribution in [1.29, 1.82) is 0 Å². The summed E-state index contributed by atoms with van der Waals surface area (Å²) in [7, 11) is 3.19. The van der Waals surface area contributed by atoms with Gasteiger partial charge in [-0.15, -0.1) is 0 Å². The van der Waals surface area contributed by atoms with Gasteiger partial charge in [0.15, 0.2) is 0 Å². The molecule has 4 nitrogen and oxygen atoms in total. The average molecular weight is 174 g/mol. The Labute approximate surface area is 71.8 Å². The second-order valence-corrected chi connectivity index (χ2v) is 2.80. The number of carbonyl (C=O) groups excluding carboxylic acids is 1. The maximum Gasteiger partial charge on any atom is 0.306 e. The Bertz CT molecular complexity index is 157. The molecule has 0 bridgehead atoms. The van der Waals surface area contributed by atoms with Gasteiger partial charge >= 0.3 is 5.97 Å². The molecule has 1 rings (SSSR count). The van der Waals surface area contributed by atoms with Crippen molar-refractivity contribution in [3.63, 3.8) is 0 Å². The molecule has 2 atom stereocenters. The van der Waals surface area contributed by atoms with Crippen LogP contribution in [0.3, 0.4) is 0 Å². The molecule has 0 radical (unpaired) electrons. The highest BCUT2D eigenvalue weighted by atomic mass is 16.6. The predicted octanol–water partition coefficient (Wildman–Crippen LogP) is 0.353. The molecule has 0 aromatic rings. The number of esters is 1. The Morgan fingerprint density at radius 3 is 2.83 bits per heavy atom. The van der Waals surface area contributed by atoms with E-state index in [-0.39, 0.29) is 18.2 Å². The lowest BCUT2D eigenvalue weighted by atomic mass is 10.1. The van der Waals surface area contributed by atoms with Gasteiger partial charge in [-0.05, 0) is 6.42 Å². The molecule has 1 saturated heterocycles. The molecule has 12 heavy (non-hydrogen) atoms.